The van der Waals surface area contributed by atoms with Gasteiger partial charge in [0.25, 0.3) is 0 Å². The number of amides is 2. The Labute approximate surface area is 197 Å². The summed E-state index contributed by atoms with van der Waals surface area (Å²) in [5.74, 6) is -4.58. The van der Waals surface area contributed by atoms with E-state index in [4.69, 9.17) is 4.74 Å². The second kappa shape index (κ2) is 9.31. The fraction of sp³-hybridized carbons (Fsp3) is 0.364. The molecule has 0 bridgehead atoms. The van der Waals surface area contributed by atoms with E-state index in [0.29, 0.717) is 16.9 Å². The molecule has 3 aromatic heterocycles. The van der Waals surface area contributed by atoms with Gasteiger partial charge < -0.3 is 10.1 Å². The second-order valence-electron chi connectivity index (χ2n) is 8.36. The van der Waals surface area contributed by atoms with E-state index < -0.39 is 48.7 Å². The normalized spacial score (nSPS) is 15.7. The van der Waals surface area contributed by atoms with E-state index in [9.17, 15) is 22.8 Å². The first-order chi connectivity index (χ1) is 16.5. The van der Waals surface area contributed by atoms with Crippen molar-refractivity contribution in [1.29, 1.82) is 0 Å². The van der Waals surface area contributed by atoms with Gasteiger partial charge >= 0.3 is 6.09 Å². The summed E-state index contributed by atoms with van der Waals surface area (Å²) >= 11 is 0. The minimum Gasteiger partial charge on any atom is -0.441 e. The molecule has 2 amide bonds. The molecule has 3 aromatic rings. The number of aromatic nitrogens is 5. The number of rotatable bonds is 6. The Morgan fingerprint density at radius 3 is 2.60 bits per heavy atom. The predicted octanol–water partition coefficient (Wildman–Crippen LogP) is 4.01. The van der Waals surface area contributed by atoms with E-state index in [2.05, 4.69) is 30.9 Å². The molecule has 1 aliphatic carbocycles. The Balaban J connectivity index is 1.42. The molecule has 0 radical (unpaired) electrons. The highest BCUT2D eigenvalue weighted by molar-refractivity contribution is 5.93. The highest BCUT2D eigenvalue weighted by Crippen LogP contribution is 2.42. The van der Waals surface area contributed by atoms with Crippen molar-refractivity contribution in [3.8, 4) is 11.4 Å². The number of aryl methyl sites for hydroxylation is 2. The van der Waals surface area contributed by atoms with Crippen molar-refractivity contribution in [3.05, 3.63) is 47.7 Å². The number of hydrogen-bond donors (Lipinski definition) is 2. The quantitative estimate of drug-likeness (QED) is 0.502. The molecule has 1 atom stereocenters. The number of carbonyl (C=O) groups excluding carboxylic acids is 2. The van der Waals surface area contributed by atoms with Gasteiger partial charge in [0.15, 0.2) is 11.5 Å². The Bertz CT molecular complexity index is 1260. The molecule has 0 unspecified atom stereocenters. The van der Waals surface area contributed by atoms with Crippen LogP contribution < -0.4 is 10.6 Å². The Hall–Kier alpha value is -4.03. The summed E-state index contributed by atoms with van der Waals surface area (Å²) in [6.45, 7) is 3.26. The van der Waals surface area contributed by atoms with Gasteiger partial charge in [0.05, 0.1) is 17.6 Å². The van der Waals surface area contributed by atoms with Gasteiger partial charge in [-0.2, -0.15) is 4.39 Å². The van der Waals surface area contributed by atoms with Crippen molar-refractivity contribution in [3.63, 3.8) is 0 Å². The van der Waals surface area contributed by atoms with Gasteiger partial charge in [-0.1, -0.05) is 5.21 Å². The van der Waals surface area contributed by atoms with Crippen LogP contribution in [0.1, 0.15) is 37.0 Å². The van der Waals surface area contributed by atoms with E-state index >= 15 is 0 Å². The summed E-state index contributed by atoms with van der Waals surface area (Å²) in [6, 6.07) is 4.60. The van der Waals surface area contributed by atoms with Crippen molar-refractivity contribution in [2.75, 3.05) is 10.6 Å². The van der Waals surface area contributed by atoms with E-state index in [1.54, 1.807) is 14.0 Å². The first kappa shape index (κ1) is 24.1. The van der Waals surface area contributed by atoms with Crippen LogP contribution in [0.2, 0.25) is 0 Å². The molecule has 35 heavy (non-hydrogen) atoms. The summed E-state index contributed by atoms with van der Waals surface area (Å²) in [5, 5.41) is 13.0. The molecular formula is C22H22F3N7O3. The molecule has 0 spiro atoms. The summed E-state index contributed by atoms with van der Waals surface area (Å²) in [7, 11) is 1.54. The average Bonchev–Trinajstić information content (AvgIpc) is 3.14. The van der Waals surface area contributed by atoms with Crippen molar-refractivity contribution in [1.82, 2.24) is 25.0 Å². The number of nitrogens with one attached hydrogen (secondary N) is 2. The average molecular weight is 489 g/mol. The smallest absolute Gasteiger partial charge is 0.413 e. The maximum Gasteiger partial charge on any atom is 0.413 e. The van der Waals surface area contributed by atoms with Crippen LogP contribution in [0.3, 0.4) is 0 Å². The summed E-state index contributed by atoms with van der Waals surface area (Å²) in [6.07, 6.45) is -0.0121. The highest BCUT2D eigenvalue weighted by Gasteiger charge is 2.48. The standard InChI is InChI=1S/C22H22F3N7O3/c1-11-6-15(18(23)27-9-11)12(2)35-21(34)29-19-17(30-31-32(19)3)16-5-4-14(10-26-16)28-20(33)13-7-22(24,25)8-13/h4-6,9-10,12-13H,7-8H2,1-3H3,(H,28,33)(H,29,34)/t12-/m1/s1. The molecule has 0 saturated heterocycles. The van der Waals surface area contributed by atoms with Crippen LogP contribution in [-0.4, -0.2) is 42.9 Å². The molecular weight excluding hydrogens is 467 g/mol. The number of carbonyl (C=O) groups is 2. The minimum absolute atomic E-state index is 0.133. The topological polar surface area (TPSA) is 124 Å². The third-order valence-electron chi connectivity index (χ3n) is 5.51. The van der Waals surface area contributed by atoms with E-state index in [1.807, 2.05) is 0 Å². The molecule has 1 fully saturated rings. The molecule has 4 rings (SSSR count). The fourth-order valence-corrected chi connectivity index (χ4v) is 3.58. The zero-order chi connectivity index (χ0) is 25.3. The molecule has 3 heterocycles. The third kappa shape index (κ3) is 5.39. The van der Waals surface area contributed by atoms with Crippen molar-refractivity contribution >= 4 is 23.5 Å². The zero-order valence-corrected chi connectivity index (χ0v) is 19.1. The summed E-state index contributed by atoms with van der Waals surface area (Å²) in [5.41, 5.74) is 1.72. The summed E-state index contributed by atoms with van der Waals surface area (Å²) < 4.78 is 46.5. The highest BCUT2D eigenvalue weighted by atomic mass is 19.3. The van der Waals surface area contributed by atoms with Crippen molar-refractivity contribution < 1.29 is 27.5 Å². The molecule has 10 nitrogen and oxygen atoms in total. The number of nitrogens with zero attached hydrogens (tertiary/aromatic N) is 5. The van der Waals surface area contributed by atoms with Crippen LogP contribution in [-0.2, 0) is 16.6 Å². The fourth-order valence-electron chi connectivity index (χ4n) is 3.58. The number of anilines is 2. The first-order valence-electron chi connectivity index (χ1n) is 10.7. The van der Waals surface area contributed by atoms with E-state index in [0.717, 1.165) is 0 Å². The maximum absolute atomic E-state index is 14.0. The molecule has 1 aliphatic rings. The number of alkyl halides is 2. The molecule has 0 aliphatic heterocycles. The number of pyridine rings is 2. The third-order valence-corrected chi connectivity index (χ3v) is 5.51. The lowest BCUT2D eigenvalue weighted by molar-refractivity contribution is -0.145. The van der Waals surface area contributed by atoms with Gasteiger partial charge in [-0.25, -0.2) is 23.2 Å². The largest absolute Gasteiger partial charge is 0.441 e. The van der Waals surface area contributed by atoms with Gasteiger partial charge in [-0.15, -0.1) is 5.10 Å². The van der Waals surface area contributed by atoms with Crippen LogP contribution in [0.15, 0.2) is 30.6 Å². The van der Waals surface area contributed by atoms with Gasteiger partial charge in [-0.05, 0) is 37.6 Å². The second-order valence-corrected chi connectivity index (χ2v) is 8.36. The zero-order valence-electron chi connectivity index (χ0n) is 19.1. The molecule has 184 valence electrons. The number of halogens is 3. The van der Waals surface area contributed by atoms with E-state index in [-0.39, 0.29) is 17.1 Å². The Morgan fingerprint density at radius 2 is 1.94 bits per heavy atom. The van der Waals surface area contributed by atoms with Crippen molar-refractivity contribution in [2.45, 2.75) is 38.7 Å². The summed E-state index contributed by atoms with van der Waals surface area (Å²) in [4.78, 5) is 32.4. The van der Waals surface area contributed by atoms with Gasteiger partial charge in [0, 0.05) is 37.6 Å². The number of ether oxygens (including phenoxy) is 1. The monoisotopic (exact) mass is 489 g/mol. The predicted molar refractivity (Wildman–Crippen MR) is 118 cm³/mol. The van der Waals surface area contributed by atoms with E-state index in [1.165, 1.54) is 42.2 Å². The first-order valence-corrected chi connectivity index (χ1v) is 10.7. The van der Waals surface area contributed by atoms with Crippen LogP contribution >= 0.6 is 0 Å². The Kier molecular flexibility index (Phi) is 6.41. The van der Waals surface area contributed by atoms with Gasteiger partial charge in [0.2, 0.25) is 17.8 Å². The van der Waals surface area contributed by atoms with Gasteiger partial charge in [-0.3, -0.25) is 15.1 Å². The lowest BCUT2D eigenvalue weighted by Gasteiger charge is -2.33. The van der Waals surface area contributed by atoms with Crippen LogP contribution in [0, 0.1) is 18.8 Å². The maximum atomic E-state index is 14.0. The van der Waals surface area contributed by atoms with Crippen LogP contribution in [0.25, 0.3) is 11.4 Å². The molecule has 1 saturated carbocycles. The van der Waals surface area contributed by atoms with Crippen molar-refractivity contribution in [2.24, 2.45) is 13.0 Å². The molecule has 13 heteroatoms. The molecule has 0 aromatic carbocycles. The molecule has 2 N–H and O–H groups in total. The lowest BCUT2D eigenvalue weighted by atomic mass is 9.81. The number of hydrogen-bond acceptors (Lipinski definition) is 7. The van der Waals surface area contributed by atoms with Crippen LogP contribution in [0.4, 0.5) is 29.5 Å². The van der Waals surface area contributed by atoms with Gasteiger partial charge in [0.1, 0.15) is 6.10 Å². The SMILES string of the molecule is Cc1cnc(F)c([C@@H](C)OC(=O)Nc2c(-c3ccc(NC(=O)C4CC(F)(F)C4)cn3)nnn2C)c1. The minimum atomic E-state index is -2.79. The Morgan fingerprint density at radius 1 is 1.20 bits per heavy atom. The lowest BCUT2D eigenvalue weighted by Crippen LogP contribution is -2.42. The van der Waals surface area contributed by atoms with Crippen LogP contribution in [0.5, 0.6) is 0 Å².